The topological polar surface area (TPSA) is 64.9 Å². The molecule has 4 nitrogen and oxygen atoms in total. The van der Waals surface area contributed by atoms with Crippen molar-refractivity contribution in [1.82, 2.24) is 10.1 Å². The Morgan fingerprint density at radius 3 is 2.76 bits per heavy atom. The summed E-state index contributed by atoms with van der Waals surface area (Å²) in [4.78, 5) is 5.45. The smallest absolute Gasteiger partial charge is 0.268 e. The van der Waals surface area contributed by atoms with Crippen LogP contribution in [0.3, 0.4) is 0 Å². The Morgan fingerprint density at radius 1 is 1.24 bits per heavy atom. The monoisotopic (exact) mass is 249 g/mol. The Kier molecular flexibility index (Phi) is 2.84. The van der Waals surface area contributed by atoms with Crippen molar-refractivity contribution in [2.75, 3.05) is 5.73 Å². The zero-order valence-electron chi connectivity index (χ0n) is 9.56. The quantitative estimate of drug-likeness (QED) is 0.885. The van der Waals surface area contributed by atoms with Crippen molar-refractivity contribution in [3.63, 3.8) is 0 Å². The second-order valence-electron chi connectivity index (χ2n) is 4.49. The molecular weight excluding hydrogens is 234 g/mol. The van der Waals surface area contributed by atoms with Gasteiger partial charge in [-0.05, 0) is 25.0 Å². The highest BCUT2D eigenvalue weighted by Gasteiger charge is 2.21. The fraction of sp³-hybridized carbons (Fsp3) is 0.500. The minimum atomic E-state index is 0.485. The first-order valence-corrected chi connectivity index (χ1v) is 6.84. The van der Waals surface area contributed by atoms with Gasteiger partial charge in [0.05, 0.1) is 9.88 Å². The van der Waals surface area contributed by atoms with E-state index in [2.05, 4.69) is 10.1 Å². The van der Waals surface area contributed by atoms with Gasteiger partial charge in [-0.3, -0.25) is 0 Å². The molecule has 2 aromatic heterocycles. The number of anilines is 1. The third-order valence-electron chi connectivity index (χ3n) is 3.25. The number of thiophene rings is 1. The molecule has 17 heavy (non-hydrogen) atoms. The zero-order valence-corrected chi connectivity index (χ0v) is 10.4. The molecule has 3 rings (SSSR count). The van der Waals surface area contributed by atoms with Crippen molar-refractivity contribution in [3.05, 3.63) is 18.0 Å². The minimum absolute atomic E-state index is 0.485. The molecule has 0 aromatic carbocycles. The third kappa shape index (κ3) is 2.20. The van der Waals surface area contributed by atoms with Crippen molar-refractivity contribution in [1.29, 1.82) is 0 Å². The highest BCUT2D eigenvalue weighted by Crippen LogP contribution is 2.33. The van der Waals surface area contributed by atoms with Gasteiger partial charge in [-0.15, -0.1) is 11.3 Å². The van der Waals surface area contributed by atoms with Crippen molar-refractivity contribution < 1.29 is 4.52 Å². The van der Waals surface area contributed by atoms with E-state index in [-0.39, 0.29) is 0 Å². The van der Waals surface area contributed by atoms with Crippen LogP contribution in [-0.2, 0) is 0 Å². The first-order valence-electron chi connectivity index (χ1n) is 6.02. The number of aromatic nitrogens is 2. The van der Waals surface area contributed by atoms with E-state index < -0.39 is 0 Å². The number of hydrogen-bond acceptors (Lipinski definition) is 5. The molecule has 0 bridgehead atoms. The summed E-state index contributed by atoms with van der Waals surface area (Å²) in [5.41, 5.74) is 5.69. The fourth-order valence-electron chi connectivity index (χ4n) is 2.33. The molecule has 1 saturated carbocycles. The van der Waals surface area contributed by atoms with Crippen LogP contribution in [0.5, 0.6) is 0 Å². The lowest BCUT2D eigenvalue weighted by Crippen LogP contribution is -2.05. The van der Waals surface area contributed by atoms with Crippen molar-refractivity contribution in [3.8, 4) is 10.8 Å². The molecule has 1 fully saturated rings. The molecule has 0 amide bonds. The molecule has 0 aliphatic heterocycles. The molecule has 2 heterocycles. The van der Waals surface area contributed by atoms with E-state index in [1.807, 2.05) is 12.1 Å². The Labute approximate surface area is 104 Å². The summed E-state index contributed by atoms with van der Waals surface area (Å²) in [5.74, 6) is 1.96. The van der Waals surface area contributed by atoms with Gasteiger partial charge in [0.2, 0.25) is 0 Å². The van der Waals surface area contributed by atoms with E-state index in [1.54, 1.807) is 0 Å². The molecule has 0 saturated heterocycles. The van der Waals surface area contributed by atoms with Gasteiger partial charge in [0.15, 0.2) is 5.82 Å². The summed E-state index contributed by atoms with van der Waals surface area (Å²) in [5, 5.41) is 4.88. The molecule has 0 radical (unpaired) electrons. The van der Waals surface area contributed by atoms with E-state index >= 15 is 0 Å². The fourth-order valence-corrected chi connectivity index (χ4v) is 3.03. The second-order valence-corrected chi connectivity index (χ2v) is 5.61. The van der Waals surface area contributed by atoms with Crippen molar-refractivity contribution in [2.24, 2.45) is 0 Å². The minimum Gasteiger partial charge on any atom is -0.391 e. The predicted molar refractivity (Wildman–Crippen MR) is 67.8 cm³/mol. The molecule has 1 aliphatic rings. The van der Waals surface area contributed by atoms with Crippen LogP contribution in [0.2, 0.25) is 0 Å². The van der Waals surface area contributed by atoms with Crippen LogP contribution in [0.25, 0.3) is 10.8 Å². The second kappa shape index (κ2) is 4.49. The van der Waals surface area contributed by atoms with Gasteiger partial charge in [0, 0.05) is 5.92 Å². The zero-order chi connectivity index (χ0) is 11.7. The normalized spacial score (nSPS) is 17.4. The summed E-state index contributed by atoms with van der Waals surface area (Å²) in [6, 6.07) is 3.79. The van der Waals surface area contributed by atoms with Crippen LogP contribution in [0, 0.1) is 0 Å². The van der Waals surface area contributed by atoms with Gasteiger partial charge in [-0.25, -0.2) is 0 Å². The molecule has 1 aliphatic carbocycles. The molecular formula is C12H15N3OS. The van der Waals surface area contributed by atoms with Gasteiger partial charge in [-0.2, -0.15) is 4.98 Å². The van der Waals surface area contributed by atoms with Crippen LogP contribution < -0.4 is 5.73 Å². The van der Waals surface area contributed by atoms with Crippen LogP contribution in [0.1, 0.15) is 43.8 Å². The standard InChI is InChI=1S/C12H15N3OS/c13-10-7-6-9(17-10)12-14-11(15-16-12)8-4-2-1-3-5-8/h6-8H,1-5,13H2. The van der Waals surface area contributed by atoms with Crippen LogP contribution in [0.15, 0.2) is 16.7 Å². The maximum absolute atomic E-state index is 5.69. The van der Waals surface area contributed by atoms with Gasteiger partial charge >= 0.3 is 0 Å². The van der Waals surface area contributed by atoms with Crippen LogP contribution >= 0.6 is 11.3 Å². The van der Waals surface area contributed by atoms with Crippen molar-refractivity contribution >= 4 is 16.3 Å². The maximum Gasteiger partial charge on any atom is 0.268 e. The largest absolute Gasteiger partial charge is 0.391 e. The van der Waals surface area contributed by atoms with E-state index in [9.17, 15) is 0 Å². The highest BCUT2D eigenvalue weighted by molar-refractivity contribution is 7.19. The molecule has 0 spiro atoms. The van der Waals surface area contributed by atoms with Gasteiger partial charge in [0.25, 0.3) is 5.89 Å². The van der Waals surface area contributed by atoms with Crippen molar-refractivity contribution in [2.45, 2.75) is 38.0 Å². The molecule has 2 N–H and O–H groups in total. The Morgan fingerprint density at radius 2 is 2.06 bits per heavy atom. The predicted octanol–water partition coefficient (Wildman–Crippen LogP) is 3.43. The lowest BCUT2D eigenvalue weighted by Gasteiger charge is -2.17. The summed E-state index contributed by atoms with van der Waals surface area (Å²) < 4.78 is 5.31. The highest BCUT2D eigenvalue weighted by atomic mass is 32.1. The number of nitrogen functional groups attached to an aromatic ring is 1. The van der Waals surface area contributed by atoms with E-state index in [4.69, 9.17) is 10.3 Å². The lowest BCUT2D eigenvalue weighted by molar-refractivity contribution is 0.385. The number of nitrogens with zero attached hydrogens (tertiary/aromatic N) is 2. The summed E-state index contributed by atoms with van der Waals surface area (Å²) in [6.07, 6.45) is 6.26. The average molecular weight is 249 g/mol. The Bertz CT molecular complexity index is 499. The molecule has 5 heteroatoms. The van der Waals surface area contributed by atoms with E-state index in [0.717, 1.165) is 15.7 Å². The van der Waals surface area contributed by atoms with E-state index in [0.29, 0.717) is 11.8 Å². The first kappa shape index (κ1) is 10.8. The molecule has 2 aromatic rings. The van der Waals surface area contributed by atoms with E-state index in [1.165, 1.54) is 43.4 Å². The Balaban J connectivity index is 1.82. The molecule has 0 unspecified atom stereocenters. The first-order chi connectivity index (χ1) is 8.33. The number of nitrogens with two attached hydrogens (primary N) is 1. The third-order valence-corrected chi connectivity index (χ3v) is 4.15. The molecule has 0 atom stereocenters. The van der Waals surface area contributed by atoms with Gasteiger partial charge in [0.1, 0.15) is 0 Å². The summed E-state index contributed by atoms with van der Waals surface area (Å²) in [6.45, 7) is 0. The lowest BCUT2D eigenvalue weighted by atomic mass is 9.89. The SMILES string of the molecule is Nc1ccc(-c2nc(C3CCCCC3)no2)s1. The van der Waals surface area contributed by atoms with Crippen LogP contribution in [0.4, 0.5) is 5.00 Å². The Hall–Kier alpha value is -1.36. The summed E-state index contributed by atoms with van der Waals surface area (Å²) >= 11 is 1.48. The number of hydrogen-bond donors (Lipinski definition) is 1. The summed E-state index contributed by atoms with van der Waals surface area (Å²) in [7, 11) is 0. The van der Waals surface area contributed by atoms with Gasteiger partial charge in [-0.1, -0.05) is 24.4 Å². The molecule has 90 valence electrons. The number of rotatable bonds is 2. The van der Waals surface area contributed by atoms with Gasteiger partial charge < -0.3 is 10.3 Å². The average Bonchev–Trinajstić information content (AvgIpc) is 2.98. The van der Waals surface area contributed by atoms with Crippen LogP contribution in [-0.4, -0.2) is 10.1 Å². The maximum atomic E-state index is 5.69.